The lowest BCUT2D eigenvalue weighted by Crippen LogP contribution is -2.50. The third-order valence-corrected chi connectivity index (χ3v) is 5.74. The van der Waals surface area contributed by atoms with E-state index in [1.165, 1.54) is 12.5 Å². The minimum Gasteiger partial charge on any atom is -0.497 e. The Bertz CT molecular complexity index is 832. The first-order valence-electron chi connectivity index (χ1n) is 9.35. The molecule has 1 aromatic heterocycles. The van der Waals surface area contributed by atoms with Gasteiger partial charge in [-0.2, -0.15) is 0 Å². The topological polar surface area (TPSA) is 63.0 Å². The van der Waals surface area contributed by atoms with Gasteiger partial charge in [0.05, 0.1) is 24.4 Å². The van der Waals surface area contributed by atoms with E-state index in [1.807, 2.05) is 29.2 Å². The van der Waals surface area contributed by atoms with Gasteiger partial charge in [0.15, 0.2) is 0 Å². The van der Waals surface area contributed by atoms with Crippen LogP contribution in [0.2, 0.25) is 0 Å². The number of hydrogen-bond donors (Lipinski definition) is 0. The monoisotopic (exact) mass is 368 g/mol. The highest BCUT2D eigenvalue weighted by Crippen LogP contribution is 2.41. The van der Waals surface area contributed by atoms with Crippen molar-refractivity contribution in [1.29, 1.82) is 0 Å². The maximum absolute atomic E-state index is 13.3. The minimum absolute atomic E-state index is 0.0571. The molecule has 27 heavy (non-hydrogen) atoms. The lowest BCUT2D eigenvalue weighted by Gasteiger charge is -2.39. The Morgan fingerprint density at radius 1 is 1.26 bits per heavy atom. The number of furan rings is 1. The van der Waals surface area contributed by atoms with Gasteiger partial charge in [0.2, 0.25) is 5.91 Å². The second kappa shape index (κ2) is 7.10. The second-order valence-corrected chi connectivity index (χ2v) is 7.45. The molecule has 6 nitrogen and oxygen atoms in total. The van der Waals surface area contributed by atoms with Crippen molar-refractivity contribution in [3.63, 3.8) is 0 Å². The summed E-state index contributed by atoms with van der Waals surface area (Å²) in [6.07, 6.45) is 5.49. The number of rotatable bonds is 4. The van der Waals surface area contributed by atoms with Gasteiger partial charge in [-0.1, -0.05) is 12.1 Å². The van der Waals surface area contributed by atoms with Crippen molar-refractivity contribution < 1.29 is 18.7 Å². The van der Waals surface area contributed by atoms with Crippen LogP contribution >= 0.6 is 0 Å². The van der Waals surface area contributed by atoms with Crippen LogP contribution in [-0.4, -0.2) is 48.4 Å². The average Bonchev–Trinajstić information content (AvgIpc) is 3.36. The summed E-state index contributed by atoms with van der Waals surface area (Å²) >= 11 is 0. The van der Waals surface area contributed by atoms with E-state index in [0.29, 0.717) is 25.2 Å². The normalized spacial score (nSPS) is 22.5. The summed E-state index contributed by atoms with van der Waals surface area (Å²) in [4.78, 5) is 29.6. The van der Waals surface area contributed by atoms with Crippen molar-refractivity contribution in [2.24, 2.45) is 5.41 Å². The lowest BCUT2D eigenvalue weighted by molar-refractivity contribution is -0.146. The minimum atomic E-state index is -0.448. The molecule has 2 fully saturated rings. The van der Waals surface area contributed by atoms with Crippen LogP contribution in [0.3, 0.4) is 0 Å². The Balaban J connectivity index is 1.47. The summed E-state index contributed by atoms with van der Waals surface area (Å²) in [6.45, 7) is 2.44. The van der Waals surface area contributed by atoms with Crippen molar-refractivity contribution >= 4 is 11.8 Å². The molecular formula is C21H24N2O4. The quantitative estimate of drug-likeness (QED) is 0.832. The molecule has 142 valence electrons. The molecule has 6 heteroatoms. The van der Waals surface area contributed by atoms with Gasteiger partial charge in [0, 0.05) is 26.2 Å². The number of hydrogen-bond acceptors (Lipinski definition) is 4. The van der Waals surface area contributed by atoms with E-state index in [2.05, 4.69) is 0 Å². The molecule has 0 bridgehead atoms. The average molecular weight is 368 g/mol. The molecule has 2 amide bonds. The van der Waals surface area contributed by atoms with E-state index in [0.717, 1.165) is 37.1 Å². The molecule has 3 heterocycles. The number of piperidine rings is 1. The van der Waals surface area contributed by atoms with Gasteiger partial charge in [-0.05, 0) is 43.0 Å². The highest BCUT2D eigenvalue weighted by atomic mass is 16.5. The molecule has 1 aromatic carbocycles. The van der Waals surface area contributed by atoms with Crippen LogP contribution in [0.4, 0.5) is 0 Å². The zero-order valence-electron chi connectivity index (χ0n) is 15.5. The Labute approximate surface area is 158 Å². The van der Waals surface area contributed by atoms with Crippen molar-refractivity contribution in [3.8, 4) is 5.75 Å². The molecule has 0 radical (unpaired) electrons. The fraction of sp³-hybridized carbons (Fsp3) is 0.429. The zero-order chi connectivity index (χ0) is 18.9. The van der Waals surface area contributed by atoms with E-state index < -0.39 is 5.41 Å². The largest absolute Gasteiger partial charge is 0.497 e. The number of carbonyl (C=O) groups excluding carboxylic acids is 2. The SMILES string of the molecule is COc1cccc(CN2CCCC3(CCN(C(=O)c4ccoc4)C3)C2=O)c1. The number of nitrogens with zero attached hydrogens (tertiary/aromatic N) is 2. The summed E-state index contributed by atoms with van der Waals surface area (Å²) in [5.41, 5.74) is 1.16. The molecule has 2 aromatic rings. The van der Waals surface area contributed by atoms with Gasteiger partial charge in [-0.15, -0.1) is 0 Å². The Morgan fingerprint density at radius 3 is 2.93 bits per heavy atom. The smallest absolute Gasteiger partial charge is 0.257 e. The maximum atomic E-state index is 13.3. The number of carbonyl (C=O) groups is 2. The van der Waals surface area contributed by atoms with Crippen molar-refractivity contribution in [3.05, 3.63) is 54.0 Å². The standard InChI is InChI=1S/C21H24N2O4/c1-26-18-5-2-4-16(12-18)13-22-9-3-7-21(20(22)25)8-10-23(15-21)19(24)17-6-11-27-14-17/h2,4-6,11-12,14H,3,7-10,13,15H2,1H3. The van der Waals surface area contributed by atoms with E-state index in [1.54, 1.807) is 18.1 Å². The molecule has 1 atom stereocenters. The maximum Gasteiger partial charge on any atom is 0.257 e. The molecule has 2 saturated heterocycles. The van der Waals surface area contributed by atoms with Crippen molar-refractivity contribution in [2.75, 3.05) is 26.7 Å². The van der Waals surface area contributed by atoms with Gasteiger partial charge in [-0.25, -0.2) is 0 Å². The molecule has 0 aliphatic carbocycles. The van der Waals surface area contributed by atoms with E-state index in [-0.39, 0.29) is 11.8 Å². The summed E-state index contributed by atoms with van der Waals surface area (Å²) in [5.74, 6) is 0.904. The lowest BCUT2D eigenvalue weighted by atomic mass is 9.78. The first-order valence-corrected chi connectivity index (χ1v) is 9.35. The van der Waals surface area contributed by atoms with Crippen molar-refractivity contribution in [2.45, 2.75) is 25.8 Å². The van der Waals surface area contributed by atoms with Gasteiger partial charge >= 0.3 is 0 Å². The molecule has 2 aliphatic heterocycles. The van der Waals surface area contributed by atoms with E-state index in [4.69, 9.17) is 9.15 Å². The zero-order valence-corrected chi connectivity index (χ0v) is 15.5. The van der Waals surface area contributed by atoms with Crippen LogP contribution in [0, 0.1) is 5.41 Å². The highest BCUT2D eigenvalue weighted by molar-refractivity contribution is 5.95. The number of likely N-dealkylation sites (tertiary alicyclic amines) is 2. The Hall–Kier alpha value is -2.76. The Morgan fingerprint density at radius 2 is 2.15 bits per heavy atom. The third kappa shape index (κ3) is 3.31. The predicted octanol–water partition coefficient (Wildman–Crippen LogP) is 2.94. The molecule has 1 spiro atoms. The summed E-state index contributed by atoms with van der Waals surface area (Å²) in [5, 5.41) is 0. The number of amides is 2. The number of methoxy groups -OCH3 is 1. The van der Waals surface area contributed by atoms with E-state index in [9.17, 15) is 9.59 Å². The fourth-order valence-electron chi connectivity index (χ4n) is 4.29. The first-order chi connectivity index (χ1) is 13.1. The van der Waals surface area contributed by atoms with Crippen LogP contribution in [0.25, 0.3) is 0 Å². The fourth-order valence-corrected chi connectivity index (χ4v) is 4.29. The molecule has 0 N–H and O–H groups in total. The van der Waals surface area contributed by atoms with Gasteiger partial charge in [-0.3, -0.25) is 9.59 Å². The predicted molar refractivity (Wildman–Crippen MR) is 99.3 cm³/mol. The first kappa shape index (κ1) is 17.6. The summed E-state index contributed by atoms with van der Waals surface area (Å²) in [7, 11) is 1.64. The molecule has 2 aliphatic rings. The second-order valence-electron chi connectivity index (χ2n) is 7.45. The van der Waals surface area contributed by atoms with Crippen LogP contribution in [0.5, 0.6) is 5.75 Å². The van der Waals surface area contributed by atoms with Crippen LogP contribution < -0.4 is 4.74 Å². The van der Waals surface area contributed by atoms with Gasteiger partial charge < -0.3 is 19.0 Å². The molecule has 4 rings (SSSR count). The van der Waals surface area contributed by atoms with Gasteiger partial charge in [0.1, 0.15) is 12.0 Å². The van der Waals surface area contributed by atoms with Crippen LogP contribution in [0.15, 0.2) is 47.3 Å². The van der Waals surface area contributed by atoms with Crippen LogP contribution in [0.1, 0.15) is 35.2 Å². The highest BCUT2D eigenvalue weighted by Gasteiger charge is 2.49. The third-order valence-electron chi connectivity index (χ3n) is 5.74. The number of benzene rings is 1. The van der Waals surface area contributed by atoms with Gasteiger partial charge in [0.25, 0.3) is 5.91 Å². The van der Waals surface area contributed by atoms with Crippen LogP contribution in [-0.2, 0) is 11.3 Å². The molecular weight excluding hydrogens is 344 g/mol. The van der Waals surface area contributed by atoms with E-state index >= 15 is 0 Å². The Kier molecular flexibility index (Phi) is 4.64. The number of ether oxygens (including phenoxy) is 1. The molecule has 1 unspecified atom stereocenters. The molecule has 0 saturated carbocycles. The van der Waals surface area contributed by atoms with Crippen molar-refractivity contribution in [1.82, 2.24) is 9.80 Å². The summed E-state index contributed by atoms with van der Waals surface area (Å²) < 4.78 is 10.3. The summed E-state index contributed by atoms with van der Waals surface area (Å²) in [6, 6.07) is 9.50.